The fraction of sp³-hybridized carbons (Fsp3) is 0.333. The number of hydrogen-bond acceptors (Lipinski definition) is 6. The van der Waals surface area contributed by atoms with Crippen molar-refractivity contribution in [3.63, 3.8) is 0 Å². The zero-order valence-electron chi connectivity index (χ0n) is 10.2. The highest BCUT2D eigenvalue weighted by molar-refractivity contribution is 7.09. The molecule has 0 spiro atoms. The minimum absolute atomic E-state index is 0.487. The Bertz CT molecular complexity index is 487. The maximum atomic E-state index is 5.80. The largest absolute Gasteiger partial charge is 0.476 e. The van der Waals surface area contributed by atoms with Gasteiger partial charge in [0.05, 0.1) is 18.8 Å². The van der Waals surface area contributed by atoms with E-state index >= 15 is 0 Å². The van der Waals surface area contributed by atoms with E-state index in [1.54, 1.807) is 23.6 Å². The number of nitrogens with two attached hydrogens (primary N) is 1. The first kappa shape index (κ1) is 12.6. The lowest BCUT2D eigenvalue weighted by Gasteiger charge is -2.09. The number of ether oxygens (including phenoxy) is 1. The second kappa shape index (κ2) is 6.20. The van der Waals surface area contributed by atoms with E-state index < -0.39 is 0 Å². The smallest absolute Gasteiger partial charge is 0.239 e. The standard InChI is InChI=1S/C12H16N4OS/c1-2-6-17-12-9(13)3-4-10(16-12)15-8-11-14-5-7-18-11/h3-5,7H,2,6,8,13H2,1H3,(H,15,16). The SMILES string of the molecule is CCCOc1nc(NCc2nccs2)ccc1N. The van der Waals surface area contributed by atoms with Gasteiger partial charge < -0.3 is 15.8 Å². The van der Waals surface area contributed by atoms with Crippen LogP contribution in [0, 0.1) is 0 Å². The highest BCUT2D eigenvalue weighted by Crippen LogP contribution is 2.21. The Hall–Kier alpha value is -1.82. The van der Waals surface area contributed by atoms with Crippen molar-refractivity contribution < 1.29 is 4.74 Å². The number of pyridine rings is 1. The van der Waals surface area contributed by atoms with E-state index in [0.29, 0.717) is 24.7 Å². The summed E-state index contributed by atoms with van der Waals surface area (Å²) >= 11 is 1.61. The van der Waals surface area contributed by atoms with Gasteiger partial charge >= 0.3 is 0 Å². The number of thiazole rings is 1. The highest BCUT2D eigenvalue weighted by atomic mass is 32.1. The van der Waals surface area contributed by atoms with Gasteiger partial charge in [-0.25, -0.2) is 4.98 Å². The average Bonchev–Trinajstić information content (AvgIpc) is 2.89. The van der Waals surface area contributed by atoms with Gasteiger partial charge in [0.15, 0.2) is 0 Å². The summed E-state index contributed by atoms with van der Waals surface area (Å²) in [4.78, 5) is 8.52. The maximum absolute atomic E-state index is 5.80. The third kappa shape index (κ3) is 3.33. The van der Waals surface area contributed by atoms with Crippen LogP contribution in [0.1, 0.15) is 18.4 Å². The van der Waals surface area contributed by atoms with Gasteiger partial charge in [-0.15, -0.1) is 11.3 Å². The number of aromatic nitrogens is 2. The minimum atomic E-state index is 0.487. The summed E-state index contributed by atoms with van der Waals surface area (Å²) in [6.45, 7) is 3.32. The lowest BCUT2D eigenvalue weighted by atomic mass is 10.4. The molecule has 0 saturated carbocycles. The molecule has 18 heavy (non-hydrogen) atoms. The Balaban J connectivity index is 2.00. The molecular formula is C12H16N4OS. The normalized spacial score (nSPS) is 10.3. The Labute approximate surface area is 110 Å². The molecule has 0 amide bonds. The van der Waals surface area contributed by atoms with Gasteiger partial charge in [-0.1, -0.05) is 6.92 Å². The van der Waals surface area contributed by atoms with E-state index in [4.69, 9.17) is 10.5 Å². The molecule has 3 N–H and O–H groups in total. The molecule has 0 fully saturated rings. The van der Waals surface area contributed by atoms with Gasteiger partial charge in [-0.2, -0.15) is 4.98 Å². The van der Waals surface area contributed by atoms with Crippen LogP contribution >= 0.6 is 11.3 Å². The number of nitrogens with one attached hydrogen (secondary N) is 1. The Morgan fingerprint density at radius 3 is 3.06 bits per heavy atom. The third-order valence-corrected chi connectivity index (χ3v) is 3.02. The second-order valence-electron chi connectivity index (χ2n) is 3.72. The molecule has 0 unspecified atom stereocenters. The lowest BCUT2D eigenvalue weighted by molar-refractivity contribution is 0.307. The van der Waals surface area contributed by atoms with Crippen molar-refractivity contribution in [3.05, 3.63) is 28.7 Å². The first-order valence-electron chi connectivity index (χ1n) is 5.81. The zero-order valence-corrected chi connectivity index (χ0v) is 11.0. The highest BCUT2D eigenvalue weighted by Gasteiger charge is 2.04. The number of rotatable bonds is 6. The Morgan fingerprint density at radius 1 is 1.44 bits per heavy atom. The summed E-state index contributed by atoms with van der Waals surface area (Å²) in [6, 6.07) is 3.63. The predicted octanol–water partition coefficient (Wildman–Crippen LogP) is 2.52. The van der Waals surface area contributed by atoms with Crippen molar-refractivity contribution in [2.45, 2.75) is 19.9 Å². The first-order valence-corrected chi connectivity index (χ1v) is 6.69. The topological polar surface area (TPSA) is 73.1 Å². The van der Waals surface area contributed by atoms with Crippen molar-refractivity contribution in [1.29, 1.82) is 0 Å². The molecule has 5 nitrogen and oxygen atoms in total. The van der Waals surface area contributed by atoms with Crippen LogP contribution < -0.4 is 15.8 Å². The summed E-state index contributed by atoms with van der Waals surface area (Å²) in [6.07, 6.45) is 2.71. The molecule has 2 heterocycles. The lowest BCUT2D eigenvalue weighted by Crippen LogP contribution is -2.05. The summed E-state index contributed by atoms with van der Waals surface area (Å²) in [7, 11) is 0. The molecule has 0 aliphatic heterocycles. The third-order valence-electron chi connectivity index (χ3n) is 2.24. The van der Waals surface area contributed by atoms with E-state index in [1.165, 1.54) is 0 Å². The van der Waals surface area contributed by atoms with Crippen LogP contribution in [0.5, 0.6) is 5.88 Å². The summed E-state index contributed by atoms with van der Waals surface area (Å²) in [5, 5.41) is 6.16. The second-order valence-corrected chi connectivity index (χ2v) is 4.70. The molecule has 2 aromatic rings. The molecule has 6 heteroatoms. The number of anilines is 2. The molecule has 0 bridgehead atoms. The van der Waals surface area contributed by atoms with Gasteiger partial charge in [-0.3, -0.25) is 0 Å². The van der Waals surface area contributed by atoms with Crippen molar-refractivity contribution in [2.75, 3.05) is 17.7 Å². The Morgan fingerprint density at radius 2 is 2.33 bits per heavy atom. The van der Waals surface area contributed by atoms with Gasteiger partial charge in [0.25, 0.3) is 0 Å². The van der Waals surface area contributed by atoms with Gasteiger partial charge in [0.2, 0.25) is 5.88 Å². The molecule has 0 radical (unpaired) electrons. The molecule has 2 rings (SSSR count). The number of hydrogen-bond donors (Lipinski definition) is 2. The molecule has 0 aliphatic carbocycles. The quantitative estimate of drug-likeness (QED) is 0.838. The molecule has 96 valence electrons. The first-order chi connectivity index (χ1) is 8.79. The van der Waals surface area contributed by atoms with Crippen molar-refractivity contribution in [3.8, 4) is 5.88 Å². The minimum Gasteiger partial charge on any atom is -0.476 e. The van der Waals surface area contributed by atoms with E-state index in [2.05, 4.69) is 15.3 Å². The van der Waals surface area contributed by atoms with Crippen LogP contribution in [0.4, 0.5) is 11.5 Å². The fourth-order valence-electron chi connectivity index (χ4n) is 1.37. The molecule has 2 aromatic heterocycles. The fourth-order valence-corrected chi connectivity index (χ4v) is 1.93. The van der Waals surface area contributed by atoms with E-state index in [-0.39, 0.29) is 0 Å². The van der Waals surface area contributed by atoms with Gasteiger partial charge in [0, 0.05) is 11.6 Å². The summed E-state index contributed by atoms with van der Waals surface area (Å²) < 4.78 is 5.47. The summed E-state index contributed by atoms with van der Waals surface area (Å²) in [5.41, 5.74) is 6.35. The van der Waals surface area contributed by atoms with Crippen LogP contribution in [-0.2, 0) is 6.54 Å². The van der Waals surface area contributed by atoms with Gasteiger partial charge in [-0.05, 0) is 18.6 Å². The van der Waals surface area contributed by atoms with E-state index in [9.17, 15) is 0 Å². The average molecular weight is 264 g/mol. The molecule has 0 atom stereocenters. The van der Waals surface area contributed by atoms with Crippen molar-refractivity contribution >= 4 is 22.8 Å². The van der Waals surface area contributed by atoms with Crippen LogP contribution in [0.25, 0.3) is 0 Å². The van der Waals surface area contributed by atoms with Crippen molar-refractivity contribution in [1.82, 2.24) is 9.97 Å². The number of nitrogen functional groups attached to an aromatic ring is 1. The van der Waals surface area contributed by atoms with Crippen LogP contribution in [0.3, 0.4) is 0 Å². The van der Waals surface area contributed by atoms with Crippen LogP contribution in [-0.4, -0.2) is 16.6 Å². The van der Waals surface area contributed by atoms with E-state index in [1.807, 2.05) is 18.4 Å². The Kier molecular flexibility index (Phi) is 4.35. The molecule has 0 aliphatic rings. The van der Waals surface area contributed by atoms with Gasteiger partial charge in [0.1, 0.15) is 10.8 Å². The van der Waals surface area contributed by atoms with Crippen LogP contribution in [0.15, 0.2) is 23.7 Å². The molecular weight excluding hydrogens is 248 g/mol. The molecule has 0 saturated heterocycles. The zero-order chi connectivity index (χ0) is 12.8. The molecule has 0 aromatic carbocycles. The van der Waals surface area contributed by atoms with Crippen LogP contribution in [0.2, 0.25) is 0 Å². The van der Waals surface area contributed by atoms with Crippen molar-refractivity contribution in [2.24, 2.45) is 0 Å². The maximum Gasteiger partial charge on any atom is 0.239 e. The number of nitrogens with zero attached hydrogens (tertiary/aromatic N) is 2. The monoisotopic (exact) mass is 264 g/mol. The summed E-state index contributed by atoms with van der Waals surface area (Å²) in [5.74, 6) is 1.23. The van der Waals surface area contributed by atoms with E-state index in [0.717, 1.165) is 17.2 Å². The predicted molar refractivity (Wildman–Crippen MR) is 73.9 cm³/mol.